The molecule has 10 rings (SSSR count). The molecule has 3 N–H and O–H groups in total. The highest BCUT2D eigenvalue weighted by atomic mass is 19.4. The summed E-state index contributed by atoms with van der Waals surface area (Å²) < 4.78 is 38.5. The maximum Gasteiger partial charge on any atom is 0.401 e. The number of hydrogen-bond donors (Lipinski definition) is 3. The Morgan fingerprint density at radius 3 is 1.70 bits per heavy atom. The Labute approximate surface area is 363 Å². The summed E-state index contributed by atoms with van der Waals surface area (Å²) in [6.07, 6.45) is 7.39. The van der Waals surface area contributed by atoms with Crippen molar-refractivity contribution >= 4 is 58.3 Å². The number of nitrogens with one attached hydrogen (secondary N) is 3. The molecule has 10 heterocycles. The van der Waals surface area contributed by atoms with E-state index in [1.807, 2.05) is 21.9 Å². The van der Waals surface area contributed by atoms with E-state index in [-0.39, 0.29) is 24.1 Å². The zero-order valence-electron chi connectivity index (χ0n) is 35.1. The molecule has 334 valence electrons. The third-order valence-electron chi connectivity index (χ3n) is 12.4. The van der Waals surface area contributed by atoms with E-state index in [0.717, 1.165) is 107 Å². The number of rotatable bonds is 5. The third kappa shape index (κ3) is 9.78. The number of amides is 4. The zero-order valence-corrected chi connectivity index (χ0v) is 35.1. The Kier molecular flexibility index (Phi) is 12.5. The van der Waals surface area contributed by atoms with Crippen LogP contribution in [0.4, 0.5) is 69.0 Å². The highest BCUT2D eigenvalue weighted by Crippen LogP contribution is 2.41. The van der Waals surface area contributed by atoms with Gasteiger partial charge >= 0.3 is 18.2 Å². The number of alkyl halides is 3. The summed E-state index contributed by atoms with van der Waals surface area (Å²) >= 11 is 0. The largest absolute Gasteiger partial charge is 0.401 e. The molecule has 0 aliphatic carbocycles. The van der Waals surface area contributed by atoms with Gasteiger partial charge in [-0.3, -0.25) is 25.3 Å². The van der Waals surface area contributed by atoms with E-state index >= 15 is 0 Å². The molecule has 0 unspecified atom stereocenters. The lowest BCUT2D eigenvalue weighted by atomic mass is 10.00. The molecule has 4 aromatic heterocycles. The van der Waals surface area contributed by atoms with Gasteiger partial charge in [-0.1, -0.05) is 0 Å². The van der Waals surface area contributed by atoms with Gasteiger partial charge in [-0.2, -0.15) is 13.2 Å². The molecule has 0 spiro atoms. The van der Waals surface area contributed by atoms with E-state index in [9.17, 15) is 22.8 Å². The van der Waals surface area contributed by atoms with Gasteiger partial charge in [0.15, 0.2) is 11.6 Å². The van der Waals surface area contributed by atoms with Crippen LogP contribution in [0.1, 0.15) is 38.5 Å². The van der Waals surface area contributed by atoms with Crippen LogP contribution in [0.5, 0.6) is 0 Å². The third-order valence-corrected chi connectivity index (χ3v) is 12.4. The average Bonchev–Trinajstić information content (AvgIpc) is 3.71. The molecule has 0 radical (unpaired) electrons. The van der Waals surface area contributed by atoms with Crippen molar-refractivity contribution < 1.29 is 22.8 Å². The van der Waals surface area contributed by atoms with E-state index in [0.29, 0.717) is 55.9 Å². The van der Waals surface area contributed by atoms with Crippen molar-refractivity contribution in [1.82, 2.24) is 40.1 Å². The summed E-state index contributed by atoms with van der Waals surface area (Å²) in [6.45, 7) is 8.24. The number of anilines is 8. The maximum atomic E-state index is 13.3. The molecule has 0 saturated carbocycles. The molecule has 0 aromatic carbocycles. The maximum absolute atomic E-state index is 13.3. The first-order valence-electron chi connectivity index (χ1n) is 21.9. The zero-order chi connectivity index (χ0) is 43.3. The van der Waals surface area contributed by atoms with E-state index < -0.39 is 12.7 Å². The minimum Gasteiger partial charge on any atom is -0.366 e. The monoisotopic (exact) mass is 870 g/mol. The molecule has 18 nitrogen and oxygen atoms in total. The predicted octanol–water partition coefficient (Wildman–Crippen LogP) is 4.66. The van der Waals surface area contributed by atoms with Crippen LogP contribution in [0.3, 0.4) is 0 Å². The van der Waals surface area contributed by atoms with Crippen molar-refractivity contribution in [2.24, 2.45) is 0 Å². The lowest BCUT2D eigenvalue weighted by molar-refractivity contribution is -0.145. The molecule has 6 aliphatic rings. The molecule has 4 bridgehead atoms. The fourth-order valence-electron chi connectivity index (χ4n) is 9.46. The highest BCUT2D eigenvalue weighted by molar-refractivity contribution is 6.05. The Morgan fingerprint density at radius 1 is 0.619 bits per heavy atom. The molecule has 63 heavy (non-hydrogen) atoms. The van der Waals surface area contributed by atoms with Gasteiger partial charge in [-0.05, 0) is 81.5 Å². The standard InChI is InChI=1S/C22H27F3N8O.C20H26N8O/c23-22(24,25)14-30-8-2-10-31(12-11-30)19-5-4-17-20(29-19)33(16-3-1-9-32(17)13-16)21(34)28-18-6-7-26-15-27-18;29-20(24-17-6-8-22-14-23-17)28-15-3-1-10-27(13-15)16-4-5-18(25-19(16)28)26-11-2-7-21-9-12-26/h4-7,15-16H,1-3,8-14H2,(H,26,27,28,34);4-6,8,14-15,21H,1-3,7,9-13H2,(H,22,23,24,29)/t16-;15-/m00/s1. The number of hydrogen-bond acceptors (Lipinski definition) is 14. The van der Waals surface area contributed by atoms with E-state index in [2.05, 4.69) is 62.7 Å². The number of nitrogens with zero attached hydrogens (tertiary/aromatic N) is 13. The molecule has 4 aromatic rings. The van der Waals surface area contributed by atoms with Gasteiger partial charge in [0, 0.05) is 84.4 Å². The van der Waals surface area contributed by atoms with Gasteiger partial charge < -0.3 is 24.9 Å². The second-order valence-corrected chi connectivity index (χ2v) is 16.6. The first-order valence-corrected chi connectivity index (χ1v) is 21.9. The topological polar surface area (TPSA) is 170 Å². The second-order valence-electron chi connectivity index (χ2n) is 16.6. The smallest absolute Gasteiger partial charge is 0.366 e. The number of carbonyl (C=O) groups excluding carboxylic acids is 2. The first-order chi connectivity index (χ1) is 30.7. The fraction of sp³-hybridized carbons (Fsp3) is 0.524. The van der Waals surface area contributed by atoms with Crippen LogP contribution in [0, 0.1) is 0 Å². The van der Waals surface area contributed by atoms with Crippen molar-refractivity contribution in [3.63, 3.8) is 0 Å². The summed E-state index contributed by atoms with van der Waals surface area (Å²) in [5.74, 6) is 3.86. The van der Waals surface area contributed by atoms with Crippen LogP contribution >= 0.6 is 0 Å². The minimum absolute atomic E-state index is 0.0164. The van der Waals surface area contributed by atoms with E-state index in [1.54, 1.807) is 29.4 Å². The van der Waals surface area contributed by atoms with Gasteiger partial charge in [0.25, 0.3) is 0 Å². The normalized spacial score (nSPS) is 21.3. The van der Waals surface area contributed by atoms with Crippen LogP contribution in [0.2, 0.25) is 0 Å². The molecular formula is C42H53F3N16O2. The molecule has 4 amide bonds. The van der Waals surface area contributed by atoms with Gasteiger partial charge in [0.2, 0.25) is 0 Å². The first kappa shape index (κ1) is 42.2. The predicted molar refractivity (Wildman–Crippen MR) is 235 cm³/mol. The highest BCUT2D eigenvalue weighted by Gasteiger charge is 2.40. The lowest BCUT2D eigenvalue weighted by Crippen LogP contribution is -2.56. The summed E-state index contributed by atoms with van der Waals surface area (Å²) in [7, 11) is 0. The van der Waals surface area contributed by atoms with Crippen LogP contribution in [-0.4, -0.2) is 150 Å². The molecule has 6 aliphatic heterocycles. The number of fused-ring (bicyclic) bond motifs is 8. The Morgan fingerprint density at radius 2 is 1.16 bits per heavy atom. The fourth-order valence-corrected chi connectivity index (χ4v) is 9.46. The van der Waals surface area contributed by atoms with Crippen LogP contribution in [0.15, 0.2) is 61.4 Å². The van der Waals surface area contributed by atoms with Crippen molar-refractivity contribution in [1.29, 1.82) is 0 Å². The Balaban J connectivity index is 0.000000162. The quantitative estimate of drug-likeness (QED) is 0.253. The van der Waals surface area contributed by atoms with Gasteiger partial charge in [-0.25, -0.2) is 39.5 Å². The summed E-state index contributed by atoms with van der Waals surface area (Å²) in [4.78, 5) is 66.4. The summed E-state index contributed by atoms with van der Waals surface area (Å²) in [5.41, 5.74) is 1.93. The van der Waals surface area contributed by atoms with Crippen LogP contribution in [-0.2, 0) is 0 Å². The molecule has 4 saturated heterocycles. The van der Waals surface area contributed by atoms with Crippen molar-refractivity contribution in [3.8, 4) is 0 Å². The van der Waals surface area contributed by atoms with Crippen molar-refractivity contribution in [3.05, 3.63) is 61.4 Å². The van der Waals surface area contributed by atoms with Crippen molar-refractivity contribution in [2.75, 3.05) is 125 Å². The summed E-state index contributed by atoms with van der Waals surface area (Å²) in [5, 5.41) is 9.19. The number of aromatic nitrogens is 6. The number of pyridine rings is 2. The number of halogens is 3. The molecular weight excluding hydrogens is 818 g/mol. The van der Waals surface area contributed by atoms with Crippen LogP contribution in [0.25, 0.3) is 0 Å². The second kappa shape index (κ2) is 18.7. The van der Waals surface area contributed by atoms with Gasteiger partial charge in [0.1, 0.15) is 35.9 Å². The van der Waals surface area contributed by atoms with Gasteiger partial charge in [0.05, 0.1) is 30.0 Å². The Bertz CT molecular complexity index is 2200. The number of carbonyl (C=O) groups is 2. The van der Waals surface area contributed by atoms with E-state index in [1.165, 1.54) is 17.6 Å². The molecule has 2 atom stereocenters. The Hall–Kier alpha value is -6.09. The molecule has 4 fully saturated rings. The van der Waals surface area contributed by atoms with Crippen molar-refractivity contribution in [2.45, 2.75) is 56.8 Å². The minimum atomic E-state index is -4.21. The van der Waals surface area contributed by atoms with E-state index in [4.69, 9.17) is 9.97 Å². The van der Waals surface area contributed by atoms with Gasteiger partial charge in [-0.15, -0.1) is 0 Å². The van der Waals surface area contributed by atoms with Crippen LogP contribution < -0.4 is 45.3 Å². The average molecular weight is 871 g/mol. The SMILES string of the molecule is O=C(Nc1ccncn1)N1c2nc(N3CCCN(CC(F)(F)F)CC3)ccc2N2CCC[C@H]1C2.O=C(Nc1ccncn1)N1c2nc(N3CCCNCC3)ccc2N2CCC[C@H]1C2. The number of piperidine rings is 2. The summed E-state index contributed by atoms with van der Waals surface area (Å²) in [6, 6.07) is 11.1. The molecule has 21 heteroatoms. The lowest BCUT2D eigenvalue weighted by Gasteiger charge is -2.46. The number of urea groups is 2.